The maximum absolute atomic E-state index is 11.1. The summed E-state index contributed by atoms with van der Waals surface area (Å²) in [6, 6.07) is 0. The summed E-state index contributed by atoms with van der Waals surface area (Å²) in [6.45, 7) is 0. The van der Waals surface area contributed by atoms with Gasteiger partial charge in [0, 0.05) is 5.92 Å². The quantitative estimate of drug-likeness (QED) is 0.554. The molecule has 4 aliphatic rings. The molecule has 5 nitrogen and oxygen atoms in total. The number of nitrogens with two attached hydrogens (primary N) is 1. The van der Waals surface area contributed by atoms with Crippen LogP contribution in [0.2, 0.25) is 0 Å². The van der Waals surface area contributed by atoms with E-state index in [1.54, 1.807) is 0 Å². The Morgan fingerprint density at radius 2 is 1.93 bits per heavy atom. The molecule has 0 aromatic carbocycles. The van der Waals surface area contributed by atoms with Gasteiger partial charge in [-0.05, 0) is 24.7 Å². The van der Waals surface area contributed by atoms with Gasteiger partial charge in [-0.2, -0.15) is 0 Å². The maximum atomic E-state index is 11.1. The largest absolute Gasteiger partial charge is 0.481 e. The van der Waals surface area contributed by atoms with Gasteiger partial charge in [-0.1, -0.05) is 0 Å². The van der Waals surface area contributed by atoms with Crippen molar-refractivity contribution in [2.75, 3.05) is 0 Å². The number of rotatable bonds is 2. The monoisotopic (exact) mass is 197 g/mol. The molecule has 0 amide bonds. The van der Waals surface area contributed by atoms with Crippen LogP contribution in [0.4, 0.5) is 0 Å². The molecule has 0 aliphatic heterocycles. The highest BCUT2D eigenvalue weighted by atomic mass is 16.4. The van der Waals surface area contributed by atoms with Crippen LogP contribution < -0.4 is 5.73 Å². The van der Waals surface area contributed by atoms with Crippen molar-refractivity contribution in [1.29, 1.82) is 0 Å². The first-order valence-electron chi connectivity index (χ1n) is 4.71. The minimum Gasteiger partial charge on any atom is -0.481 e. The topological polar surface area (TPSA) is 101 Å². The summed E-state index contributed by atoms with van der Waals surface area (Å²) in [7, 11) is 0. The van der Waals surface area contributed by atoms with Crippen LogP contribution in [-0.2, 0) is 9.59 Å². The molecule has 4 N–H and O–H groups in total. The minimum atomic E-state index is -1.26. The molecular formula is C9H11NO4. The first-order chi connectivity index (χ1) is 6.45. The van der Waals surface area contributed by atoms with Crippen molar-refractivity contribution in [3.8, 4) is 0 Å². The number of hydrogen-bond acceptors (Lipinski definition) is 3. The zero-order chi connectivity index (χ0) is 10.3. The maximum Gasteiger partial charge on any atom is 0.324 e. The van der Waals surface area contributed by atoms with E-state index < -0.39 is 22.9 Å². The van der Waals surface area contributed by atoms with Gasteiger partial charge >= 0.3 is 11.9 Å². The van der Waals surface area contributed by atoms with Gasteiger partial charge in [0.25, 0.3) is 0 Å². The molecule has 0 unspecified atom stereocenters. The normalized spacial score (nSPS) is 57.4. The predicted molar refractivity (Wildman–Crippen MR) is 44.3 cm³/mol. The second kappa shape index (κ2) is 1.82. The minimum absolute atomic E-state index is 0.0195. The molecular weight excluding hydrogens is 186 g/mol. The average molecular weight is 197 g/mol. The van der Waals surface area contributed by atoms with Gasteiger partial charge in [0.15, 0.2) is 0 Å². The van der Waals surface area contributed by atoms with E-state index in [1.165, 1.54) is 0 Å². The third-order valence-electron chi connectivity index (χ3n) is 4.59. The van der Waals surface area contributed by atoms with Crippen molar-refractivity contribution in [2.24, 2.45) is 28.9 Å². The molecule has 0 radical (unpaired) electrons. The number of carbonyl (C=O) groups is 2. The third-order valence-corrected chi connectivity index (χ3v) is 4.59. The molecule has 5 atom stereocenters. The molecule has 0 saturated heterocycles. The number of aliphatic carboxylic acids is 2. The van der Waals surface area contributed by atoms with Crippen LogP contribution in [0.1, 0.15) is 12.8 Å². The summed E-state index contributed by atoms with van der Waals surface area (Å²) in [5.41, 5.74) is 3.79. The lowest BCUT2D eigenvalue weighted by atomic mass is 9.90. The Labute approximate surface area is 79.9 Å². The van der Waals surface area contributed by atoms with Crippen molar-refractivity contribution in [2.45, 2.75) is 18.4 Å². The Morgan fingerprint density at radius 1 is 1.29 bits per heavy atom. The van der Waals surface area contributed by atoms with Crippen molar-refractivity contribution in [3.05, 3.63) is 0 Å². The fourth-order valence-electron chi connectivity index (χ4n) is 4.00. The van der Waals surface area contributed by atoms with Gasteiger partial charge in [-0.3, -0.25) is 9.59 Å². The zero-order valence-electron chi connectivity index (χ0n) is 7.43. The highest BCUT2D eigenvalue weighted by molar-refractivity contribution is 5.90. The van der Waals surface area contributed by atoms with Crippen LogP contribution >= 0.6 is 0 Å². The molecule has 0 aromatic heterocycles. The Kier molecular flexibility index (Phi) is 1.07. The first-order valence-corrected chi connectivity index (χ1v) is 4.71. The Hall–Kier alpha value is -1.10. The number of carboxylic acid groups (broad SMARTS) is 2. The van der Waals surface area contributed by atoms with E-state index in [0.29, 0.717) is 12.8 Å². The Morgan fingerprint density at radius 3 is 2.21 bits per heavy atom. The Bertz CT molecular complexity index is 368. The molecule has 5 heteroatoms. The summed E-state index contributed by atoms with van der Waals surface area (Å²) in [5.74, 6) is -2.33. The molecule has 4 aliphatic carbocycles. The van der Waals surface area contributed by atoms with E-state index >= 15 is 0 Å². The van der Waals surface area contributed by atoms with Crippen molar-refractivity contribution >= 4 is 11.9 Å². The van der Waals surface area contributed by atoms with Crippen LogP contribution in [0.5, 0.6) is 0 Å². The fraction of sp³-hybridized carbons (Fsp3) is 0.778. The smallest absolute Gasteiger partial charge is 0.324 e. The van der Waals surface area contributed by atoms with E-state index in [-0.39, 0.29) is 17.8 Å². The molecule has 4 rings (SSSR count). The lowest BCUT2D eigenvalue weighted by Gasteiger charge is -2.22. The van der Waals surface area contributed by atoms with Crippen molar-refractivity contribution < 1.29 is 19.8 Å². The van der Waals surface area contributed by atoms with E-state index in [4.69, 9.17) is 15.9 Å². The summed E-state index contributed by atoms with van der Waals surface area (Å²) in [5, 5.41) is 18.1. The summed E-state index contributed by atoms with van der Waals surface area (Å²) in [4.78, 5) is 22.1. The van der Waals surface area contributed by atoms with Crippen LogP contribution in [0.25, 0.3) is 0 Å². The fourth-order valence-corrected chi connectivity index (χ4v) is 4.00. The Balaban J connectivity index is 2.06. The second-order valence-corrected chi connectivity index (χ2v) is 4.80. The van der Waals surface area contributed by atoms with E-state index in [1.807, 2.05) is 0 Å². The molecule has 14 heavy (non-hydrogen) atoms. The molecule has 0 aromatic rings. The predicted octanol–water partition coefficient (Wildman–Crippen LogP) is -0.491. The zero-order valence-corrected chi connectivity index (χ0v) is 7.43. The van der Waals surface area contributed by atoms with Crippen LogP contribution in [0.15, 0.2) is 0 Å². The van der Waals surface area contributed by atoms with Crippen LogP contribution in [0.3, 0.4) is 0 Å². The third kappa shape index (κ3) is 0.507. The number of hydrogen-bond donors (Lipinski definition) is 3. The first kappa shape index (κ1) is 8.23. The van der Waals surface area contributed by atoms with E-state index in [9.17, 15) is 9.59 Å². The van der Waals surface area contributed by atoms with Crippen LogP contribution in [-0.4, -0.2) is 27.7 Å². The number of carboxylic acids is 2. The molecule has 4 fully saturated rings. The van der Waals surface area contributed by atoms with Gasteiger partial charge in [-0.15, -0.1) is 0 Å². The van der Waals surface area contributed by atoms with Gasteiger partial charge in [0.2, 0.25) is 0 Å². The van der Waals surface area contributed by atoms with Gasteiger partial charge in [0.1, 0.15) is 5.54 Å². The highest BCUT2D eigenvalue weighted by Gasteiger charge is 2.88. The SMILES string of the molecule is N[C@]1(C(=O)O)[C@H]2C[C@H]3[C@@H]1[C@@]3(C(=O)O)C2. The van der Waals surface area contributed by atoms with Crippen LogP contribution in [0, 0.1) is 23.2 Å². The molecule has 4 bridgehead atoms. The van der Waals surface area contributed by atoms with Gasteiger partial charge < -0.3 is 15.9 Å². The molecule has 0 heterocycles. The lowest BCUT2D eigenvalue weighted by molar-refractivity contribution is -0.145. The summed E-state index contributed by atoms with van der Waals surface area (Å²) in [6.07, 6.45) is 1.14. The standard InChI is InChI=1S/C9H11NO4/c10-9(7(13)14)3-1-4-5(9)8(4,2-3)6(11)12/h3-5H,1-2,10H2,(H,11,12)(H,13,14)/t3-,4-,5+,8+,9+/m0/s1. The second-order valence-electron chi connectivity index (χ2n) is 4.80. The lowest BCUT2D eigenvalue weighted by Crippen LogP contribution is -2.51. The summed E-state index contributed by atoms with van der Waals surface area (Å²) < 4.78 is 0. The van der Waals surface area contributed by atoms with E-state index in [0.717, 1.165) is 0 Å². The van der Waals surface area contributed by atoms with Gasteiger partial charge in [-0.25, -0.2) is 0 Å². The van der Waals surface area contributed by atoms with E-state index in [2.05, 4.69) is 0 Å². The van der Waals surface area contributed by atoms with Gasteiger partial charge in [0.05, 0.1) is 5.41 Å². The molecule has 0 spiro atoms. The molecule has 76 valence electrons. The summed E-state index contributed by atoms with van der Waals surface area (Å²) >= 11 is 0. The molecule has 4 saturated carbocycles. The average Bonchev–Trinajstić information content (AvgIpc) is 2.45. The van der Waals surface area contributed by atoms with Crippen molar-refractivity contribution in [1.82, 2.24) is 0 Å². The highest BCUT2D eigenvalue weighted by Crippen LogP contribution is 2.81. The van der Waals surface area contributed by atoms with Crippen molar-refractivity contribution in [3.63, 3.8) is 0 Å².